The molecule has 3 heterocycles. The SMILES string of the molecule is Cc1ccc(CNC(=O)CSc2nc3c(sc4ccccc43)c(=O)n2CCCN2CCOCC2)cc1. The number of aromatic nitrogens is 2. The van der Waals surface area contributed by atoms with Gasteiger partial charge in [0.15, 0.2) is 5.16 Å². The fourth-order valence-electron chi connectivity index (χ4n) is 4.33. The quantitative estimate of drug-likeness (QED) is 0.264. The smallest absolute Gasteiger partial charge is 0.272 e. The van der Waals surface area contributed by atoms with Gasteiger partial charge in [0.25, 0.3) is 5.56 Å². The molecule has 5 rings (SSSR count). The second-order valence-corrected chi connectivity index (χ2v) is 11.0. The second kappa shape index (κ2) is 11.6. The Morgan fingerprint density at radius 3 is 2.69 bits per heavy atom. The topological polar surface area (TPSA) is 76.5 Å². The first-order chi connectivity index (χ1) is 17.6. The van der Waals surface area contributed by atoms with Gasteiger partial charge in [0.2, 0.25) is 5.91 Å². The number of hydrogen-bond donors (Lipinski definition) is 1. The summed E-state index contributed by atoms with van der Waals surface area (Å²) in [6, 6.07) is 16.1. The number of thioether (sulfide) groups is 1. The van der Waals surface area contributed by atoms with Crippen LogP contribution in [0.4, 0.5) is 0 Å². The maximum atomic E-state index is 13.6. The molecule has 0 spiro atoms. The van der Waals surface area contributed by atoms with Crippen molar-refractivity contribution >= 4 is 49.3 Å². The third-order valence-corrected chi connectivity index (χ3v) is 8.47. The minimum absolute atomic E-state index is 0.0225. The molecule has 0 saturated carbocycles. The van der Waals surface area contributed by atoms with Crippen molar-refractivity contribution in [3.05, 3.63) is 70.0 Å². The van der Waals surface area contributed by atoms with E-state index in [1.165, 1.54) is 28.7 Å². The Morgan fingerprint density at radius 1 is 1.11 bits per heavy atom. The van der Waals surface area contributed by atoms with Gasteiger partial charge in [0.05, 0.1) is 24.5 Å². The molecular formula is C27H30N4O3S2. The maximum absolute atomic E-state index is 13.6. The van der Waals surface area contributed by atoms with Crippen molar-refractivity contribution in [1.29, 1.82) is 0 Å². The molecule has 7 nitrogen and oxygen atoms in total. The van der Waals surface area contributed by atoms with Crippen molar-refractivity contribution in [3.8, 4) is 0 Å². The Bertz CT molecular complexity index is 1410. The Labute approximate surface area is 218 Å². The molecule has 1 aliphatic heterocycles. The van der Waals surface area contributed by atoms with E-state index in [4.69, 9.17) is 9.72 Å². The molecule has 0 atom stereocenters. The van der Waals surface area contributed by atoms with Crippen LogP contribution in [-0.2, 0) is 22.6 Å². The van der Waals surface area contributed by atoms with Crippen LogP contribution in [0.3, 0.4) is 0 Å². The lowest BCUT2D eigenvalue weighted by Gasteiger charge is -2.26. The number of morpholine rings is 1. The maximum Gasteiger partial charge on any atom is 0.272 e. The summed E-state index contributed by atoms with van der Waals surface area (Å²) in [5.74, 6) is 0.125. The molecule has 36 heavy (non-hydrogen) atoms. The van der Waals surface area contributed by atoms with Gasteiger partial charge in [0, 0.05) is 42.8 Å². The standard InChI is InChI=1S/C27H30N4O3S2/c1-19-7-9-20(10-8-19)17-28-23(32)18-35-27-29-24-21-5-2-3-6-22(21)36-25(24)26(33)31(27)12-4-11-30-13-15-34-16-14-30/h2-3,5-10H,4,11-18H2,1H3,(H,28,32). The van der Waals surface area contributed by atoms with Crippen molar-refractivity contribution in [1.82, 2.24) is 19.8 Å². The molecule has 4 aromatic rings. The number of ether oxygens (including phenoxy) is 1. The summed E-state index contributed by atoms with van der Waals surface area (Å²) < 4.78 is 8.93. The van der Waals surface area contributed by atoms with Crippen LogP contribution in [-0.4, -0.2) is 59.0 Å². The first-order valence-corrected chi connectivity index (χ1v) is 14.1. The van der Waals surface area contributed by atoms with Gasteiger partial charge in [-0.3, -0.25) is 19.1 Å². The van der Waals surface area contributed by atoms with Crippen LogP contribution in [0.5, 0.6) is 0 Å². The lowest BCUT2D eigenvalue weighted by molar-refractivity contribution is -0.118. The Kier molecular flexibility index (Phi) is 8.01. The number of hydrogen-bond acceptors (Lipinski definition) is 7. The molecule has 1 N–H and O–H groups in total. The van der Waals surface area contributed by atoms with Gasteiger partial charge >= 0.3 is 0 Å². The largest absolute Gasteiger partial charge is 0.379 e. The normalized spacial score (nSPS) is 14.5. The highest BCUT2D eigenvalue weighted by Crippen LogP contribution is 2.31. The van der Waals surface area contributed by atoms with Crippen LogP contribution >= 0.6 is 23.1 Å². The molecule has 1 aliphatic rings. The van der Waals surface area contributed by atoms with Gasteiger partial charge in [-0.2, -0.15) is 0 Å². The molecule has 1 fully saturated rings. The number of nitrogens with one attached hydrogen (secondary N) is 1. The fourth-order valence-corrected chi connectivity index (χ4v) is 6.26. The highest BCUT2D eigenvalue weighted by molar-refractivity contribution is 7.99. The van der Waals surface area contributed by atoms with Gasteiger partial charge in [0.1, 0.15) is 4.70 Å². The molecule has 0 radical (unpaired) electrons. The first kappa shape index (κ1) is 25.0. The minimum Gasteiger partial charge on any atom is -0.379 e. The molecule has 188 valence electrons. The second-order valence-electron chi connectivity index (χ2n) is 8.99. The summed E-state index contributed by atoms with van der Waals surface area (Å²) in [5.41, 5.74) is 2.95. The average Bonchev–Trinajstić information content (AvgIpc) is 3.28. The minimum atomic E-state index is -0.0787. The summed E-state index contributed by atoms with van der Waals surface area (Å²) in [6.07, 6.45) is 0.838. The number of carbonyl (C=O) groups is 1. The van der Waals surface area contributed by atoms with E-state index in [9.17, 15) is 9.59 Å². The molecule has 2 aromatic heterocycles. The van der Waals surface area contributed by atoms with Gasteiger partial charge in [-0.05, 0) is 25.0 Å². The van der Waals surface area contributed by atoms with E-state index in [0.29, 0.717) is 22.9 Å². The van der Waals surface area contributed by atoms with Crippen LogP contribution in [0, 0.1) is 6.92 Å². The molecular weight excluding hydrogens is 492 g/mol. The summed E-state index contributed by atoms with van der Waals surface area (Å²) in [5, 5.41) is 4.57. The van der Waals surface area contributed by atoms with Crippen LogP contribution in [0.25, 0.3) is 20.3 Å². The van der Waals surface area contributed by atoms with E-state index in [1.807, 2.05) is 55.5 Å². The Balaban J connectivity index is 1.33. The van der Waals surface area contributed by atoms with Gasteiger partial charge in [-0.25, -0.2) is 4.98 Å². The molecule has 0 bridgehead atoms. The fraction of sp³-hybridized carbons (Fsp3) is 0.370. The van der Waals surface area contributed by atoms with Crippen LogP contribution < -0.4 is 10.9 Å². The zero-order valence-corrected chi connectivity index (χ0v) is 22.0. The van der Waals surface area contributed by atoms with Gasteiger partial charge in [-0.1, -0.05) is 59.8 Å². The van der Waals surface area contributed by atoms with Crippen molar-refractivity contribution < 1.29 is 9.53 Å². The molecule has 0 unspecified atom stereocenters. The number of nitrogens with zero attached hydrogens (tertiary/aromatic N) is 3. The number of thiophene rings is 1. The molecule has 9 heteroatoms. The average molecular weight is 523 g/mol. The van der Waals surface area contributed by atoms with E-state index in [1.54, 1.807) is 4.57 Å². The Morgan fingerprint density at radius 2 is 1.89 bits per heavy atom. The van der Waals surface area contributed by atoms with Crippen molar-refractivity contribution in [2.45, 2.75) is 31.6 Å². The van der Waals surface area contributed by atoms with Crippen molar-refractivity contribution in [2.75, 3.05) is 38.6 Å². The van der Waals surface area contributed by atoms with Crippen LogP contribution in [0.1, 0.15) is 17.5 Å². The third-order valence-electron chi connectivity index (χ3n) is 6.35. The zero-order chi connectivity index (χ0) is 24.9. The lowest BCUT2D eigenvalue weighted by atomic mass is 10.1. The number of amides is 1. The molecule has 2 aromatic carbocycles. The lowest BCUT2D eigenvalue weighted by Crippen LogP contribution is -2.37. The molecule has 1 amide bonds. The van der Waals surface area contributed by atoms with Crippen molar-refractivity contribution in [2.24, 2.45) is 0 Å². The number of carbonyl (C=O) groups excluding carboxylic acids is 1. The highest BCUT2D eigenvalue weighted by atomic mass is 32.2. The third kappa shape index (κ3) is 5.81. The van der Waals surface area contributed by atoms with E-state index in [0.717, 1.165) is 60.4 Å². The summed E-state index contributed by atoms with van der Waals surface area (Å²) in [4.78, 5) is 33.5. The summed E-state index contributed by atoms with van der Waals surface area (Å²) in [7, 11) is 0. The van der Waals surface area contributed by atoms with E-state index < -0.39 is 0 Å². The number of aryl methyl sites for hydroxylation is 1. The highest BCUT2D eigenvalue weighted by Gasteiger charge is 2.18. The number of fused-ring (bicyclic) bond motifs is 3. The number of benzene rings is 2. The van der Waals surface area contributed by atoms with E-state index in [2.05, 4.69) is 10.2 Å². The van der Waals surface area contributed by atoms with E-state index in [-0.39, 0.29) is 17.2 Å². The zero-order valence-electron chi connectivity index (χ0n) is 20.4. The van der Waals surface area contributed by atoms with E-state index >= 15 is 0 Å². The first-order valence-electron chi connectivity index (χ1n) is 12.3. The molecule has 0 aliphatic carbocycles. The monoisotopic (exact) mass is 522 g/mol. The summed E-state index contributed by atoms with van der Waals surface area (Å²) >= 11 is 2.82. The molecule has 1 saturated heterocycles. The summed E-state index contributed by atoms with van der Waals surface area (Å²) in [6.45, 7) is 7.36. The predicted octanol–water partition coefficient (Wildman–Crippen LogP) is 4.05. The van der Waals surface area contributed by atoms with Crippen LogP contribution in [0.15, 0.2) is 58.5 Å². The predicted molar refractivity (Wildman–Crippen MR) is 147 cm³/mol. The van der Waals surface area contributed by atoms with Crippen molar-refractivity contribution in [3.63, 3.8) is 0 Å². The van der Waals surface area contributed by atoms with Gasteiger partial charge in [-0.15, -0.1) is 11.3 Å². The number of rotatable bonds is 9. The van der Waals surface area contributed by atoms with Crippen LogP contribution in [0.2, 0.25) is 0 Å². The van der Waals surface area contributed by atoms with Gasteiger partial charge < -0.3 is 10.1 Å². The Hall–Kier alpha value is -2.72.